The molecule has 0 saturated heterocycles. The van der Waals surface area contributed by atoms with Gasteiger partial charge in [0, 0.05) is 45.9 Å². The quantitative estimate of drug-likeness (QED) is 0.386. The molecule has 0 unspecified atom stereocenters. The van der Waals surface area contributed by atoms with E-state index in [1.54, 1.807) is 13.2 Å². The van der Waals surface area contributed by atoms with E-state index in [-0.39, 0.29) is 0 Å². The van der Waals surface area contributed by atoms with E-state index in [0.29, 0.717) is 16.6 Å². The van der Waals surface area contributed by atoms with Crippen molar-refractivity contribution < 1.29 is 4.74 Å². The number of anilines is 1. The highest BCUT2D eigenvalue weighted by molar-refractivity contribution is 6.35. The minimum Gasteiger partial charge on any atom is -0.497 e. The monoisotopic (exact) mass is 410 g/mol. The van der Waals surface area contributed by atoms with Crippen LogP contribution in [0, 0.1) is 0 Å². The van der Waals surface area contributed by atoms with Crippen molar-refractivity contribution in [2.75, 3.05) is 12.4 Å². The minimum absolute atomic E-state index is 0.649. The Balaban J connectivity index is 1.60. The average molecular weight is 411 g/mol. The third-order valence-electron chi connectivity index (χ3n) is 4.80. The first-order valence-electron chi connectivity index (χ1n) is 9.02. The number of ether oxygens (including phenoxy) is 1. The fourth-order valence-electron chi connectivity index (χ4n) is 3.33. The molecule has 0 aliphatic heterocycles. The number of aromatic nitrogens is 1. The molecule has 0 bridgehead atoms. The summed E-state index contributed by atoms with van der Waals surface area (Å²) in [7, 11) is 1.67. The molecule has 0 fully saturated rings. The van der Waals surface area contributed by atoms with Gasteiger partial charge >= 0.3 is 0 Å². The summed E-state index contributed by atoms with van der Waals surface area (Å²) in [5, 5.41) is 6.05. The summed E-state index contributed by atoms with van der Waals surface area (Å²) < 4.78 is 7.45. The molecule has 28 heavy (non-hydrogen) atoms. The maximum absolute atomic E-state index is 6.38. The van der Waals surface area contributed by atoms with Crippen molar-refractivity contribution in [1.29, 1.82) is 0 Å². The van der Waals surface area contributed by atoms with E-state index in [1.165, 1.54) is 16.5 Å². The predicted octanol–water partition coefficient (Wildman–Crippen LogP) is 6.62. The molecule has 0 aliphatic rings. The van der Waals surface area contributed by atoms with Crippen molar-refractivity contribution in [1.82, 2.24) is 4.57 Å². The van der Waals surface area contributed by atoms with Gasteiger partial charge in [-0.25, -0.2) is 0 Å². The van der Waals surface area contributed by atoms with Gasteiger partial charge in [-0.3, -0.25) is 0 Å². The van der Waals surface area contributed by atoms with Crippen molar-refractivity contribution in [2.24, 2.45) is 0 Å². The number of hydrogen-bond donors (Lipinski definition) is 1. The van der Waals surface area contributed by atoms with Gasteiger partial charge in [0.05, 0.1) is 7.11 Å². The van der Waals surface area contributed by atoms with Crippen LogP contribution in [0.25, 0.3) is 10.9 Å². The summed E-state index contributed by atoms with van der Waals surface area (Å²) >= 11 is 12.4. The van der Waals surface area contributed by atoms with Crippen LogP contribution in [-0.2, 0) is 13.1 Å². The Morgan fingerprint density at radius 2 is 1.71 bits per heavy atom. The average Bonchev–Trinajstić information content (AvgIpc) is 3.07. The Bertz CT molecular complexity index is 1100. The van der Waals surface area contributed by atoms with Gasteiger partial charge in [0.2, 0.25) is 0 Å². The number of hydrogen-bond acceptors (Lipinski definition) is 2. The van der Waals surface area contributed by atoms with Gasteiger partial charge in [0.1, 0.15) is 5.75 Å². The van der Waals surface area contributed by atoms with Crippen LogP contribution in [0.2, 0.25) is 10.0 Å². The molecule has 4 aromatic rings. The van der Waals surface area contributed by atoms with E-state index in [1.807, 2.05) is 36.4 Å². The largest absolute Gasteiger partial charge is 0.497 e. The Kier molecular flexibility index (Phi) is 5.47. The maximum atomic E-state index is 6.38. The second-order valence-electron chi connectivity index (χ2n) is 6.62. The SMILES string of the molecule is COc1ccc(NCc2cn(Cc3ccc(Cl)cc3Cl)c3ccccc23)cc1. The Morgan fingerprint density at radius 3 is 2.46 bits per heavy atom. The van der Waals surface area contributed by atoms with Gasteiger partial charge < -0.3 is 14.6 Å². The number of methoxy groups -OCH3 is 1. The first kappa shape index (κ1) is 18.7. The van der Waals surface area contributed by atoms with Crippen LogP contribution in [0.5, 0.6) is 5.75 Å². The summed E-state index contributed by atoms with van der Waals surface area (Å²) in [5.74, 6) is 0.849. The Labute approximate surface area is 174 Å². The number of rotatable bonds is 6. The molecule has 142 valence electrons. The summed E-state index contributed by atoms with van der Waals surface area (Å²) in [4.78, 5) is 0. The second-order valence-corrected chi connectivity index (χ2v) is 7.46. The molecule has 3 nitrogen and oxygen atoms in total. The molecular formula is C23H20Cl2N2O. The first-order chi connectivity index (χ1) is 13.6. The number of para-hydroxylation sites is 1. The highest BCUT2D eigenvalue weighted by atomic mass is 35.5. The highest BCUT2D eigenvalue weighted by Gasteiger charge is 2.10. The Morgan fingerprint density at radius 1 is 0.929 bits per heavy atom. The van der Waals surface area contributed by atoms with Gasteiger partial charge in [0.25, 0.3) is 0 Å². The lowest BCUT2D eigenvalue weighted by atomic mass is 10.1. The molecular weight excluding hydrogens is 391 g/mol. The molecule has 1 N–H and O–H groups in total. The second kappa shape index (κ2) is 8.17. The van der Waals surface area contributed by atoms with Crippen LogP contribution >= 0.6 is 23.2 Å². The van der Waals surface area contributed by atoms with Gasteiger partial charge in [-0.1, -0.05) is 47.5 Å². The molecule has 5 heteroatoms. The van der Waals surface area contributed by atoms with Crippen molar-refractivity contribution >= 4 is 39.8 Å². The summed E-state index contributed by atoms with van der Waals surface area (Å²) in [5.41, 5.74) is 4.51. The zero-order chi connectivity index (χ0) is 19.5. The van der Waals surface area contributed by atoms with E-state index in [2.05, 4.69) is 40.3 Å². The van der Waals surface area contributed by atoms with Crippen molar-refractivity contribution in [3.8, 4) is 5.75 Å². The van der Waals surface area contributed by atoms with E-state index < -0.39 is 0 Å². The van der Waals surface area contributed by atoms with E-state index in [0.717, 1.165) is 23.5 Å². The molecule has 3 aromatic carbocycles. The molecule has 0 aliphatic carbocycles. The van der Waals surface area contributed by atoms with Crippen LogP contribution in [-0.4, -0.2) is 11.7 Å². The molecule has 1 heterocycles. The van der Waals surface area contributed by atoms with Crippen LogP contribution in [0.4, 0.5) is 5.69 Å². The Hall–Kier alpha value is -2.62. The predicted molar refractivity (Wildman–Crippen MR) is 118 cm³/mol. The zero-order valence-corrected chi connectivity index (χ0v) is 17.0. The number of halogens is 2. The minimum atomic E-state index is 0.649. The number of fused-ring (bicyclic) bond motifs is 1. The third-order valence-corrected chi connectivity index (χ3v) is 5.39. The number of nitrogens with zero attached hydrogens (tertiary/aromatic N) is 1. The lowest BCUT2D eigenvalue weighted by molar-refractivity contribution is 0.415. The van der Waals surface area contributed by atoms with Crippen molar-refractivity contribution in [2.45, 2.75) is 13.1 Å². The molecule has 0 saturated carbocycles. The smallest absolute Gasteiger partial charge is 0.119 e. The molecule has 1 aromatic heterocycles. The van der Waals surface area contributed by atoms with Crippen LogP contribution < -0.4 is 10.1 Å². The van der Waals surface area contributed by atoms with Gasteiger partial charge in [-0.2, -0.15) is 0 Å². The summed E-state index contributed by atoms with van der Waals surface area (Å²) in [6.45, 7) is 1.42. The van der Waals surface area contributed by atoms with Gasteiger partial charge in [0.15, 0.2) is 0 Å². The fraction of sp³-hybridized carbons (Fsp3) is 0.130. The van der Waals surface area contributed by atoms with Gasteiger partial charge in [-0.15, -0.1) is 0 Å². The van der Waals surface area contributed by atoms with Crippen LogP contribution in [0.3, 0.4) is 0 Å². The van der Waals surface area contributed by atoms with E-state index >= 15 is 0 Å². The molecule has 0 radical (unpaired) electrons. The molecule has 0 spiro atoms. The summed E-state index contributed by atoms with van der Waals surface area (Å²) in [6, 6.07) is 22.0. The topological polar surface area (TPSA) is 26.2 Å². The van der Waals surface area contributed by atoms with Crippen LogP contribution in [0.15, 0.2) is 72.9 Å². The third kappa shape index (κ3) is 3.96. The molecule has 4 rings (SSSR count). The van der Waals surface area contributed by atoms with Crippen molar-refractivity contribution in [3.63, 3.8) is 0 Å². The number of nitrogens with one attached hydrogen (secondary N) is 1. The maximum Gasteiger partial charge on any atom is 0.119 e. The highest BCUT2D eigenvalue weighted by Crippen LogP contribution is 2.27. The van der Waals surface area contributed by atoms with Crippen molar-refractivity contribution in [3.05, 3.63) is 94.1 Å². The van der Waals surface area contributed by atoms with E-state index in [4.69, 9.17) is 27.9 Å². The normalized spacial score (nSPS) is 11.0. The van der Waals surface area contributed by atoms with Crippen LogP contribution in [0.1, 0.15) is 11.1 Å². The fourth-order valence-corrected chi connectivity index (χ4v) is 3.80. The zero-order valence-electron chi connectivity index (χ0n) is 15.5. The van der Waals surface area contributed by atoms with Gasteiger partial charge in [-0.05, 0) is 53.6 Å². The van der Waals surface area contributed by atoms with E-state index in [9.17, 15) is 0 Å². The standard InChI is InChI=1S/C23H20Cl2N2O/c1-28-20-10-8-19(9-11-20)26-13-17-15-27(23-5-3-2-4-21(17)23)14-16-6-7-18(24)12-22(16)25/h2-12,15,26H,13-14H2,1H3. The lowest BCUT2D eigenvalue weighted by Gasteiger charge is -2.08. The summed E-state index contributed by atoms with van der Waals surface area (Å²) in [6.07, 6.45) is 2.19. The molecule has 0 amide bonds. The lowest BCUT2D eigenvalue weighted by Crippen LogP contribution is -2.00. The first-order valence-corrected chi connectivity index (χ1v) is 9.78. The number of benzene rings is 3. The molecule has 0 atom stereocenters.